The van der Waals surface area contributed by atoms with Gasteiger partial charge in [-0.05, 0) is 57.0 Å². The molecule has 4 nitrogen and oxygen atoms in total. The first-order valence-corrected chi connectivity index (χ1v) is 8.17. The van der Waals surface area contributed by atoms with Crippen molar-refractivity contribution in [2.75, 3.05) is 13.2 Å². The number of carbonyl (C=O) groups is 1. The molecule has 0 spiro atoms. The van der Waals surface area contributed by atoms with Gasteiger partial charge in [0, 0.05) is 0 Å². The van der Waals surface area contributed by atoms with E-state index in [1.807, 2.05) is 63.2 Å². The van der Waals surface area contributed by atoms with Gasteiger partial charge in [-0.3, -0.25) is 4.79 Å². The average molecular weight is 327 g/mol. The number of amides is 1. The molecule has 0 fully saturated rings. The molecule has 0 aliphatic rings. The SMILES string of the molecule is Cc1ccc(O[C@H](C)C(=O)NCCOc2cccc(C)c2C)cc1. The van der Waals surface area contributed by atoms with Crippen molar-refractivity contribution in [1.29, 1.82) is 0 Å². The number of carbonyl (C=O) groups excluding carboxylic acids is 1. The summed E-state index contributed by atoms with van der Waals surface area (Å²) >= 11 is 0. The van der Waals surface area contributed by atoms with Crippen LogP contribution in [0.25, 0.3) is 0 Å². The Bertz CT molecular complexity index is 680. The first-order valence-electron chi connectivity index (χ1n) is 8.17. The molecule has 2 aromatic rings. The van der Waals surface area contributed by atoms with Gasteiger partial charge in [-0.25, -0.2) is 0 Å². The Balaban J connectivity index is 1.74. The maximum absolute atomic E-state index is 12.1. The number of hydrogen-bond donors (Lipinski definition) is 1. The summed E-state index contributed by atoms with van der Waals surface area (Å²) in [6, 6.07) is 13.6. The first kappa shape index (κ1) is 17.9. The summed E-state index contributed by atoms with van der Waals surface area (Å²) in [7, 11) is 0. The van der Waals surface area contributed by atoms with E-state index in [0.717, 1.165) is 16.9 Å². The molecule has 0 aliphatic carbocycles. The molecule has 0 aromatic heterocycles. The first-order chi connectivity index (χ1) is 11.5. The third kappa shape index (κ3) is 5.01. The average Bonchev–Trinajstić information content (AvgIpc) is 2.57. The van der Waals surface area contributed by atoms with Gasteiger partial charge < -0.3 is 14.8 Å². The Morgan fingerprint density at radius 1 is 1.08 bits per heavy atom. The lowest BCUT2D eigenvalue weighted by Crippen LogP contribution is -2.38. The van der Waals surface area contributed by atoms with Crippen LogP contribution in [0.15, 0.2) is 42.5 Å². The lowest BCUT2D eigenvalue weighted by atomic mass is 10.1. The van der Waals surface area contributed by atoms with E-state index >= 15 is 0 Å². The minimum atomic E-state index is -0.548. The van der Waals surface area contributed by atoms with Crippen LogP contribution in [0.5, 0.6) is 11.5 Å². The van der Waals surface area contributed by atoms with Gasteiger partial charge in [0.1, 0.15) is 18.1 Å². The number of benzene rings is 2. The van der Waals surface area contributed by atoms with Gasteiger partial charge in [0.2, 0.25) is 0 Å². The Labute approximate surface area is 143 Å². The molecule has 2 aromatic carbocycles. The number of rotatable bonds is 7. The van der Waals surface area contributed by atoms with Crippen LogP contribution in [-0.2, 0) is 4.79 Å². The molecule has 0 unspecified atom stereocenters. The van der Waals surface area contributed by atoms with Crippen molar-refractivity contribution in [2.24, 2.45) is 0 Å². The Morgan fingerprint density at radius 3 is 2.50 bits per heavy atom. The van der Waals surface area contributed by atoms with E-state index < -0.39 is 6.10 Å². The molecule has 0 aliphatic heterocycles. The van der Waals surface area contributed by atoms with Crippen LogP contribution in [0.3, 0.4) is 0 Å². The highest BCUT2D eigenvalue weighted by Crippen LogP contribution is 2.20. The van der Waals surface area contributed by atoms with E-state index in [1.165, 1.54) is 5.56 Å². The van der Waals surface area contributed by atoms with Crippen LogP contribution >= 0.6 is 0 Å². The Kier molecular flexibility index (Phi) is 6.24. The predicted molar refractivity (Wildman–Crippen MR) is 95.7 cm³/mol. The second-order valence-corrected chi connectivity index (χ2v) is 5.91. The van der Waals surface area contributed by atoms with E-state index in [1.54, 1.807) is 6.92 Å². The molecule has 0 radical (unpaired) electrons. The van der Waals surface area contributed by atoms with Crippen molar-refractivity contribution < 1.29 is 14.3 Å². The zero-order valence-electron chi connectivity index (χ0n) is 14.8. The van der Waals surface area contributed by atoms with E-state index in [2.05, 4.69) is 5.32 Å². The second-order valence-electron chi connectivity index (χ2n) is 5.91. The summed E-state index contributed by atoms with van der Waals surface area (Å²) in [6.07, 6.45) is -0.548. The second kappa shape index (κ2) is 8.39. The summed E-state index contributed by atoms with van der Waals surface area (Å²) in [5.74, 6) is 1.39. The standard InChI is InChI=1S/C20H25NO3/c1-14-8-10-18(11-9-14)24-17(4)20(22)21-12-13-23-19-7-5-6-15(2)16(19)3/h5-11,17H,12-13H2,1-4H3,(H,21,22)/t17-/m1/s1. The molecule has 0 bridgehead atoms. The molecule has 1 N–H and O–H groups in total. The largest absolute Gasteiger partial charge is 0.491 e. The molecule has 0 saturated carbocycles. The van der Waals surface area contributed by atoms with Gasteiger partial charge in [-0.2, -0.15) is 0 Å². The highest BCUT2D eigenvalue weighted by Gasteiger charge is 2.14. The van der Waals surface area contributed by atoms with Crippen LogP contribution in [0.2, 0.25) is 0 Å². The van der Waals surface area contributed by atoms with Gasteiger partial charge >= 0.3 is 0 Å². The zero-order chi connectivity index (χ0) is 17.5. The quantitative estimate of drug-likeness (QED) is 0.791. The Morgan fingerprint density at radius 2 is 1.79 bits per heavy atom. The van der Waals surface area contributed by atoms with Crippen molar-refractivity contribution >= 4 is 5.91 Å². The molecule has 24 heavy (non-hydrogen) atoms. The van der Waals surface area contributed by atoms with Gasteiger partial charge in [0.25, 0.3) is 5.91 Å². The van der Waals surface area contributed by atoms with E-state index in [-0.39, 0.29) is 5.91 Å². The fourth-order valence-electron chi connectivity index (χ4n) is 2.23. The van der Waals surface area contributed by atoms with Gasteiger partial charge in [-0.1, -0.05) is 29.8 Å². The number of ether oxygens (including phenoxy) is 2. The van der Waals surface area contributed by atoms with Crippen LogP contribution in [0, 0.1) is 20.8 Å². The molecule has 2 rings (SSSR count). The third-order valence-electron chi connectivity index (χ3n) is 3.92. The molecule has 4 heteroatoms. The smallest absolute Gasteiger partial charge is 0.260 e. The predicted octanol–water partition coefficient (Wildman–Crippen LogP) is 3.57. The van der Waals surface area contributed by atoms with E-state index in [9.17, 15) is 4.79 Å². The fourth-order valence-corrected chi connectivity index (χ4v) is 2.23. The minimum absolute atomic E-state index is 0.153. The summed E-state index contributed by atoms with van der Waals surface area (Å²) in [5.41, 5.74) is 3.47. The molecule has 1 atom stereocenters. The normalized spacial score (nSPS) is 11.7. The van der Waals surface area contributed by atoms with Crippen LogP contribution in [0.1, 0.15) is 23.6 Å². The highest BCUT2D eigenvalue weighted by atomic mass is 16.5. The van der Waals surface area contributed by atoms with Gasteiger partial charge in [0.15, 0.2) is 6.10 Å². The summed E-state index contributed by atoms with van der Waals surface area (Å²) in [4.78, 5) is 12.1. The number of nitrogens with one attached hydrogen (secondary N) is 1. The molecule has 128 valence electrons. The summed E-state index contributed by atoms with van der Waals surface area (Å²) < 4.78 is 11.4. The summed E-state index contributed by atoms with van der Waals surface area (Å²) in [5, 5.41) is 2.83. The van der Waals surface area contributed by atoms with Crippen molar-refractivity contribution in [1.82, 2.24) is 5.32 Å². The maximum Gasteiger partial charge on any atom is 0.260 e. The zero-order valence-corrected chi connectivity index (χ0v) is 14.8. The number of hydrogen-bond acceptors (Lipinski definition) is 3. The van der Waals surface area contributed by atoms with E-state index in [0.29, 0.717) is 18.9 Å². The van der Waals surface area contributed by atoms with Crippen LogP contribution < -0.4 is 14.8 Å². The highest BCUT2D eigenvalue weighted by molar-refractivity contribution is 5.80. The van der Waals surface area contributed by atoms with E-state index in [4.69, 9.17) is 9.47 Å². The summed E-state index contributed by atoms with van der Waals surface area (Å²) in [6.45, 7) is 8.69. The molecule has 1 amide bonds. The lowest BCUT2D eigenvalue weighted by molar-refractivity contribution is -0.127. The van der Waals surface area contributed by atoms with Gasteiger partial charge in [-0.15, -0.1) is 0 Å². The molecular weight excluding hydrogens is 302 g/mol. The van der Waals surface area contributed by atoms with Crippen molar-refractivity contribution in [2.45, 2.75) is 33.8 Å². The third-order valence-corrected chi connectivity index (χ3v) is 3.92. The molecule has 0 heterocycles. The Hall–Kier alpha value is -2.49. The van der Waals surface area contributed by atoms with Crippen molar-refractivity contribution in [3.63, 3.8) is 0 Å². The minimum Gasteiger partial charge on any atom is -0.491 e. The molecular formula is C20H25NO3. The topological polar surface area (TPSA) is 47.6 Å². The number of aryl methyl sites for hydroxylation is 2. The molecule has 0 saturated heterocycles. The van der Waals surface area contributed by atoms with Gasteiger partial charge in [0.05, 0.1) is 6.54 Å². The maximum atomic E-state index is 12.1. The lowest BCUT2D eigenvalue weighted by Gasteiger charge is -2.15. The van der Waals surface area contributed by atoms with Crippen LogP contribution in [0.4, 0.5) is 0 Å². The fraction of sp³-hybridized carbons (Fsp3) is 0.350. The van der Waals surface area contributed by atoms with Crippen molar-refractivity contribution in [3.05, 3.63) is 59.2 Å². The van der Waals surface area contributed by atoms with Crippen LogP contribution in [-0.4, -0.2) is 25.2 Å². The monoisotopic (exact) mass is 327 g/mol. The van der Waals surface area contributed by atoms with Crippen molar-refractivity contribution in [3.8, 4) is 11.5 Å².